The molecule has 142 valence electrons. The summed E-state index contributed by atoms with van der Waals surface area (Å²) in [5.74, 6) is 0. The zero-order valence-corrected chi connectivity index (χ0v) is 14.9. The summed E-state index contributed by atoms with van der Waals surface area (Å²) in [6.45, 7) is 1.21. The minimum absolute atomic E-state index is 0.0652. The van der Waals surface area contributed by atoms with Gasteiger partial charge in [-0.1, -0.05) is 24.3 Å². The molecule has 3 rings (SSSR count). The van der Waals surface area contributed by atoms with Crippen LogP contribution in [-0.4, -0.2) is 9.85 Å². The molecule has 0 bridgehead atoms. The van der Waals surface area contributed by atoms with Crippen LogP contribution in [0.2, 0.25) is 0 Å². The van der Waals surface area contributed by atoms with Gasteiger partial charge in [-0.15, -0.1) is 0 Å². The van der Waals surface area contributed by atoms with E-state index < -0.39 is 9.85 Å². The van der Waals surface area contributed by atoms with E-state index in [4.69, 9.17) is 0 Å². The van der Waals surface area contributed by atoms with Gasteiger partial charge in [0.15, 0.2) is 0 Å². The summed E-state index contributed by atoms with van der Waals surface area (Å²) < 4.78 is 0. The summed E-state index contributed by atoms with van der Waals surface area (Å²) in [6.07, 6.45) is 0. The Labute approximate surface area is 161 Å². The summed E-state index contributed by atoms with van der Waals surface area (Å²) in [5.41, 5.74) is 3.92. The molecule has 0 saturated carbocycles. The Balaban J connectivity index is 1.50. The lowest BCUT2D eigenvalue weighted by Gasteiger charge is -2.09. The van der Waals surface area contributed by atoms with Crippen molar-refractivity contribution < 1.29 is 9.85 Å². The fourth-order valence-electron chi connectivity index (χ4n) is 2.59. The average Bonchev–Trinajstić information content (AvgIpc) is 2.72. The van der Waals surface area contributed by atoms with E-state index in [9.17, 15) is 20.2 Å². The summed E-state index contributed by atoms with van der Waals surface area (Å²) in [5, 5.41) is 27.8. The number of nitro benzene ring substituents is 2. The molecule has 3 aromatic rings. The Morgan fingerprint density at radius 1 is 0.571 bits per heavy atom. The first-order chi connectivity index (χ1) is 13.5. The number of nitrogens with zero attached hydrogens (tertiary/aromatic N) is 2. The smallest absolute Gasteiger partial charge is 0.269 e. The molecule has 0 unspecified atom stereocenters. The number of anilines is 2. The van der Waals surface area contributed by atoms with Gasteiger partial charge in [-0.25, -0.2) is 0 Å². The molecule has 8 nitrogen and oxygen atoms in total. The summed E-state index contributed by atoms with van der Waals surface area (Å²) in [6, 6.07) is 20.6. The summed E-state index contributed by atoms with van der Waals surface area (Å²) >= 11 is 0. The number of non-ortho nitro benzene ring substituents is 2. The Morgan fingerprint density at radius 3 is 1.18 bits per heavy atom. The van der Waals surface area contributed by atoms with Crippen molar-refractivity contribution in [3.05, 3.63) is 104 Å². The van der Waals surface area contributed by atoms with Crippen LogP contribution in [0.1, 0.15) is 11.1 Å². The molecule has 0 fully saturated rings. The number of rotatable bonds is 8. The first kappa shape index (κ1) is 18.8. The zero-order chi connectivity index (χ0) is 19.9. The van der Waals surface area contributed by atoms with E-state index in [1.54, 1.807) is 24.3 Å². The molecule has 0 radical (unpaired) electrons. The maximum atomic E-state index is 10.7. The van der Waals surface area contributed by atoms with Gasteiger partial charge >= 0.3 is 0 Å². The van der Waals surface area contributed by atoms with Crippen LogP contribution in [0.4, 0.5) is 22.7 Å². The molecule has 0 saturated heterocycles. The van der Waals surface area contributed by atoms with E-state index in [0.29, 0.717) is 13.1 Å². The Kier molecular flexibility index (Phi) is 5.81. The molecule has 0 aromatic heterocycles. The molecule has 0 aliphatic carbocycles. The molecule has 2 N–H and O–H groups in total. The van der Waals surface area contributed by atoms with E-state index in [-0.39, 0.29) is 11.4 Å². The normalized spacial score (nSPS) is 10.3. The number of nitrogens with one attached hydrogen (secondary N) is 2. The van der Waals surface area contributed by atoms with Crippen molar-refractivity contribution in [2.45, 2.75) is 13.1 Å². The third-order valence-electron chi connectivity index (χ3n) is 4.17. The van der Waals surface area contributed by atoms with Crippen molar-refractivity contribution in [2.24, 2.45) is 0 Å². The van der Waals surface area contributed by atoms with Crippen molar-refractivity contribution in [3.63, 3.8) is 0 Å². The molecule has 0 aliphatic heterocycles. The van der Waals surface area contributed by atoms with Gasteiger partial charge in [-0.2, -0.15) is 0 Å². The lowest BCUT2D eigenvalue weighted by molar-refractivity contribution is -0.385. The SMILES string of the molecule is O=[N+]([O-])c1ccc(NCc2ccc(CNc3ccc([N+](=O)[O-])cc3)cc2)cc1. The van der Waals surface area contributed by atoms with E-state index >= 15 is 0 Å². The highest BCUT2D eigenvalue weighted by molar-refractivity contribution is 5.50. The number of hydrogen-bond acceptors (Lipinski definition) is 6. The van der Waals surface area contributed by atoms with Crippen LogP contribution in [0.15, 0.2) is 72.8 Å². The number of benzene rings is 3. The van der Waals surface area contributed by atoms with E-state index in [1.165, 1.54) is 24.3 Å². The van der Waals surface area contributed by atoms with Crippen LogP contribution >= 0.6 is 0 Å². The fraction of sp³-hybridized carbons (Fsp3) is 0.100. The van der Waals surface area contributed by atoms with Crippen LogP contribution in [0.5, 0.6) is 0 Å². The molecule has 0 atom stereocenters. The molecule has 0 spiro atoms. The van der Waals surface area contributed by atoms with Crippen LogP contribution in [0.25, 0.3) is 0 Å². The molecule has 28 heavy (non-hydrogen) atoms. The van der Waals surface area contributed by atoms with Gasteiger partial charge in [0.2, 0.25) is 0 Å². The van der Waals surface area contributed by atoms with Gasteiger partial charge in [-0.05, 0) is 35.4 Å². The standard InChI is InChI=1S/C20H18N4O4/c25-23(26)19-9-5-17(6-10-19)21-13-15-1-2-16(4-3-15)14-22-18-7-11-20(12-8-18)24(27)28/h1-12,21-22H,13-14H2. The van der Waals surface area contributed by atoms with Gasteiger partial charge in [0.05, 0.1) is 9.85 Å². The molecule has 3 aromatic carbocycles. The van der Waals surface area contributed by atoms with Crippen molar-refractivity contribution >= 4 is 22.7 Å². The monoisotopic (exact) mass is 378 g/mol. The second-order valence-electron chi connectivity index (χ2n) is 6.13. The van der Waals surface area contributed by atoms with Crippen molar-refractivity contribution in [1.29, 1.82) is 0 Å². The zero-order valence-electron chi connectivity index (χ0n) is 14.9. The first-order valence-electron chi connectivity index (χ1n) is 8.56. The molecule has 0 heterocycles. The largest absolute Gasteiger partial charge is 0.381 e. The van der Waals surface area contributed by atoms with Crippen LogP contribution in [-0.2, 0) is 13.1 Å². The highest BCUT2D eigenvalue weighted by atomic mass is 16.6. The Bertz CT molecular complexity index is 875. The van der Waals surface area contributed by atoms with E-state index in [2.05, 4.69) is 10.6 Å². The number of hydrogen-bond donors (Lipinski definition) is 2. The Hall–Kier alpha value is -3.94. The summed E-state index contributed by atoms with van der Waals surface area (Å²) in [7, 11) is 0. The van der Waals surface area contributed by atoms with Gasteiger partial charge in [0.25, 0.3) is 11.4 Å². The first-order valence-corrected chi connectivity index (χ1v) is 8.56. The molecule has 0 amide bonds. The van der Waals surface area contributed by atoms with E-state index in [1.807, 2.05) is 24.3 Å². The molecule has 8 heteroatoms. The van der Waals surface area contributed by atoms with Gasteiger partial charge < -0.3 is 10.6 Å². The van der Waals surface area contributed by atoms with Crippen molar-refractivity contribution in [3.8, 4) is 0 Å². The lowest BCUT2D eigenvalue weighted by Crippen LogP contribution is -2.02. The van der Waals surface area contributed by atoms with Crippen molar-refractivity contribution in [1.82, 2.24) is 0 Å². The van der Waals surface area contributed by atoms with Crippen molar-refractivity contribution in [2.75, 3.05) is 10.6 Å². The second-order valence-corrected chi connectivity index (χ2v) is 6.13. The third kappa shape index (κ3) is 5.04. The van der Waals surface area contributed by atoms with Crippen LogP contribution in [0.3, 0.4) is 0 Å². The topological polar surface area (TPSA) is 110 Å². The van der Waals surface area contributed by atoms with Crippen LogP contribution < -0.4 is 10.6 Å². The quantitative estimate of drug-likeness (QED) is 0.433. The predicted octanol–water partition coefficient (Wildman–Crippen LogP) is 4.73. The number of nitro groups is 2. The Morgan fingerprint density at radius 2 is 0.893 bits per heavy atom. The molecular weight excluding hydrogens is 360 g/mol. The van der Waals surface area contributed by atoms with Gasteiger partial charge in [-0.3, -0.25) is 20.2 Å². The van der Waals surface area contributed by atoms with E-state index in [0.717, 1.165) is 22.5 Å². The lowest BCUT2D eigenvalue weighted by atomic mass is 10.1. The molecular formula is C20H18N4O4. The maximum Gasteiger partial charge on any atom is 0.269 e. The highest BCUT2D eigenvalue weighted by Crippen LogP contribution is 2.18. The fourth-order valence-corrected chi connectivity index (χ4v) is 2.59. The second kappa shape index (κ2) is 8.63. The van der Waals surface area contributed by atoms with Gasteiger partial charge in [0, 0.05) is 48.7 Å². The minimum atomic E-state index is -0.423. The maximum absolute atomic E-state index is 10.7. The predicted molar refractivity (Wildman–Crippen MR) is 107 cm³/mol. The highest BCUT2D eigenvalue weighted by Gasteiger charge is 2.05. The average molecular weight is 378 g/mol. The summed E-state index contributed by atoms with van der Waals surface area (Å²) in [4.78, 5) is 20.5. The third-order valence-corrected chi connectivity index (χ3v) is 4.17. The van der Waals surface area contributed by atoms with Gasteiger partial charge in [0.1, 0.15) is 0 Å². The van der Waals surface area contributed by atoms with Crippen LogP contribution in [0, 0.1) is 20.2 Å². The minimum Gasteiger partial charge on any atom is -0.381 e. The molecule has 0 aliphatic rings.